The molecule has 1 rings (SSSR count). The Hall–Kier alpha value is -0.660. The maximum atomic E-state index is 8.81. The number of hydrogen-bond acceptors (Lipinski definition) is 2. The largest absolute Gasteiger partial charge is 0.295 e. The predicted molar refractivity (Wildman–Crippen MR) is 53.5 cm³/mol. The highest BCUT2D eigenvalue weighted by Gasteiger charge is 2.24. The van der Waals surface area contributed by atoms with Crippen molar-refractivity contribution in [1.29, 1.82) is 0 Å². The molecule has 1 aliphatic rings. The first-order valence-corrected chi connectivity index (χ1v) is 5.00. The van der Waals surface area contributed by atoms with Gasteiger partial charge in [-0.2, -0.15) is 0 Å². The van der Waals surface area contributed by atoms with Crippen molar-refractivity contribution >= 4 is 12.6 Å². The minimum Gasteiger partial charge on any atom is -0.295 e. The van der Waals surface area contributed by atoms with Crippen LogP contribution in [-0.2, 0) is 9.59 Å². The lowest BCUT2D eigenvalue weighted by atomic mass is 9.93. The molecule has 1 aliphatic carbocycles. The summed E-state index contributed by atoms with van der Waals surface area (Å²) in [5.41, 5.74) is 0. The highest BCUT2D eigenvalue weighted by atomic mass is 16.2. The van der Waals surface area contributed by atoms with E-state index in [1.807, 2.05) is 0 Å². The monoisotopic (exact) mass is 184 g/mol. The number of hydrogen-bond donors (Lipinski definition) is 0. The molecule has 1 atom stereocenters. The van der Waals surface area contributed by atoms with E-state index < -0.39 is 0 Å². The minimum absolute atomic E-state index is 0.194. The lowest BCUT2D eigenvalue weighted by Crippen LogP contribution is -2.03. The van der Waals surface area contributed by atoms with Gasteiger partial charge in [0.2, 0.25) is 0 Å². The number of carbonyl (C=O) groups is 2. The zero-order valence-corrected chi connectivity index (χ0v) is 8.82. The van der Waals surface area contributed by atoms with Crippen LogP contribution in [0.5, 0.6) is 0 Å². The Bertz CT molecular complexity index is 142. The molecule has 0 aromatic rings. The van der Waals surface area contributed by atoms with Gasteiger partial charge in [0.05, 0.1) is 0 Å². The molecule has 0 heterocycles. The van der Waals surface area contributed by atoms with Gasteiger partial charge in [-0.1, -0.05) is 33.6 Å². The summed E-state index contributed by atoms with van der Waals surface area (Å²) in [6.07, 6.45) is 4.89. The Balaban J connectivity index is 0.000000310. The van der Waals surface area contributed by atoms with Crippen LogP contribution in [0.3, 0.4) is 0 Å². The Morgan fingerprint density at radius 3 is 1.85 bits per heavy atom. The number of aldehydes is 2. The van der Waals surface area contributed by atoms with Gasteiger partial charge in [0, 0.05) is 0 Å². The van der Waals surface area contributed by atoms with E-state index in [9.17, 15) is 0 Å². The second kappa shape index (κ2) is 6.81. The Labute approximate surface area is 80.7 Å². The fourth-order valence-electron chi connectivity index (χ4n) is 1.15. The van der Waals surface area contributed by atoms with Gasteiger partial charge < -0.3 is 0 Å². The van der Waals surface area contributed by atoms with E-state index in [0.29, 0.717) is 0 Å². The van der Waals surface area contributed by atoms with Crippen molar-refractivity contribution in [3.05, 3.63) is 0 Å². The molecule has 0 amide bonds. The van der Waals surface area contributed by atoms with Crippen molar-refractivity contribution in [2.45, 2.75) is 40.0 Å². The first kappa shape index (κ1) is 12.3. The van der Waals surface area contributed by atoms with Gasteiger partial charge in [0.15, 0.2) is 12.6 Å². The standard InChI is InChI=1S/C9H18.C2H2O2/c1-7(2)8(3)6-9-4-5-9;3-1-2-4/h7-9H,4-6H2,1-3H3;1-2H. The van der Waals surface area contributed by atoms with Gasteiger partial charge in [0.25, 0.3) is 0 Å². The molecule has 0 saturated heterocycles. The Kier molecular flexibility index (Phi) is 6.47. The average Bonchev–Trinajstić information content (AvgIpc) is 2.88. The van der Waals surface area contributed by atoms with Crippen LogP contribution in [-0.4, -0.2) is 12.6 Å². The predicted octanol–water partition coefficient (Wildman–Crippen LogP) is 2.46. The molecule has 0 bridgehead atoms. The topological polar surface area (TPSA) is 34.1 Å². The van der Waals surface area contributed by atoms with E-state index in [4.69, 9.17) is 9.59 Å². The summed E-state index contributed by atoms with van der Waals surface area (Å²) in [6.45, 7) is 7.03. The molecule has 0 aromatic carbocycles. The normalized spacial score (nSPS) is 17.2. The molecular weight excluding hydrogens is 164 g/mol. The third-order valence-electron chi connectivity index (χ3n) is 2.60. The van der Waals surface area contributed by atoms with E-state index in [0.717, 1.165) is 17.8 Å². The van der Waals surface area contributed by atoms with Crippen molar-refractivity contribution in [2.24, 2.45) is 17.8 Å². The van der Waals surface area contributed by atoms with E-state index >= 15 is 0 Å². The molecule has 0 aliphatic heterocycles. The third-order valence-corrected chi connectivity index (χ3v) is 2.60. The van der Waals surface area contributed by atoms with Crippen molar-refractivity contribution in [3.8, 4) is 0 Å². The van der Waals surface area contributed by atoms with E-state index in [1.165, 1.54) is 19.3 Å². The lowest BCUT2D eigenvalue weighted by Gasteiger charge is -2.13. The van der Waals surface area contributed by atoms with Crippen LogP contribution in [0.25, 0.3) is 0 Å². The second-order valence-electron chi connectivity index (χ2n) is 4.17. The van der Waals surface area contributed by atoms with Gasteiger partial charge in [0.1, 0.15) is 0 Å². The molecule has 1 unspecified atom stereocenters. The van der Waals surface area contributed by atoms with Crippen LogP contribution in [0.4, 0.5) is 0 Å². The third kappa shape index (κ3) is 7.69. The van der Waals surface area contributed by atoms with Crippen LogP contribution in [0, 0.1) is 17.8 Å². The molecule has 13 heavy (non-hydrogen) atoms. The zero-order chi connectivity index (χ0) is 10.3. The molecule has 0 aromatic heterocycles. The van der Waals surface area contributed by atoms with Crippen LogP contribution in [0.15, 0.2) is 0 Å². The summed E-state index contributed by atoms with van der Waals surface area (Å²) in [6, 6.07) is 0. The summed E-state index contributed by atoms with van der Waals surface area (Å²) in [4.78, 5) is 17.6. The highest BCUT2D eigenvalue weighted by molar-refractivity contribution is 6.09. The zero-order valence-electron chi connectivity index (χ0n) is 8.82. The molecule has 1 fully saturated rings. The number of carbonyl (C=O) groups excluding carboxylic acids is 2. The van der Waals surface area contributed by atoms with Crippen molar-refractivity contribution in [1.82, 2.24) is 0 Å². The maximum absolute atomic E-state index is 8.81. The van der Waals surface area contributed by atoms with Gasteiger partial charge in [-0.3, -0.25) is 9.59 Å². The van der Waals surface area contributed by atoms with Gasteiger partial charge >= 0.3 is 0 Å². The van der Waals surface area contributed by atoms with Crippen molar-refractivity contribution in [3.63, 3.8) is 0 Å². The van der Waals surface area contributed by atoms with E-state index in [1.54, 1.807) is 0 Å². The smallest absolute Gasteiger partial charge is 0.182 e. The number of rotatable bonds is 4. The summed E-state index contributed by atoms with van der Waals surface area (Å²) < 4.78 is 0. The summed E-state index contributed by atoms with van der Waals surface area (Å²) in [7, 11) is 0. The van der Waals surface area contributed by atoms with Crippen molar-refractivity contribution < 1.29 is 9.59 Å². The molecule has 2 heteroatoms. The summed E-state index contributed by atoms with van der Waals surface area (Å²) in [5.74, 6) is 2.96. The van der Waals surface area contributed by atoms with E-state index in [2.05, 4.69) is 20.8 Å². The fourth-order valence-corrected chi connectivity index (χ4v) is 1.15. The van der Waals surface area contributed by atoms with Crippen LogP contribution >= 0.6 is 0 Å². The van der Waals surface area contributed by atoms with Gasteiger partial charge in [-0.05, 0) is 24.2 Å². The quantitative estimate of drug-likeness (QED) is 0.497. The van der Waals surface area contributed by atoms with Crippen LogP contribution in [0.2, 0.25) is 0 Å². The molecular formula is C11H20O2. The summed E-state index contributed by atoms with van der Waals surface area (Å²) >= 11 is 0. The summed E-state index contributed by atoms with van der Waals surface area (Å²) in [5, 5.41) is 0. The highest BCUT2D eigenvalue weighted by Crippen LogP contribution is 2.36. The second-order valence-corrected chi connectivity index (χ2v) is 4.17. The van der Waals surface area contributed by atoms with Gasteiger partial charge in [-0.25, -0.2) is 0 Å². The maximum Gasteiger partial charge on any atom is 0.182 e. The van der Waals surface area contributed by atoms with Gasteiger partial charge in [-0.15, -0.1) is 0 Å². The SMILES string of the molecule is CC(C)C(C)CC1CC1.O=CC=O. The molecule has 76 valence electrons. The fraction of sp³-hybridized carbons (Fsp3) is 0.818. The minimum atomic E-state index is 0.194. The molecule has 0 radical (unpaired) electrons. The molecule has 2 nitrogen and oxygen atoms in total. The molecule has 0 spiro atoms. The average molecular weight is 184 g/mol. The Morgan fingerprint density at radius 1 is 1.15 bits per heavy atom. The Morgan fingerprint density at radius 2 is 1.62 bits per heavy atom. The molecule has 1 saturated carbocycles. The first-order chi connectivity index (χ1) is 6.11. The van der Waals surface area contributed by atoms with Crippen LogP contribution in [0.1, 0.15) is 40.0 Å². The van der Waals surface area contributed by atoms with Crippen molar-refractivity contribution in [2.75, 3.05) is 0 Å². The van der Waals surface area contributed by atoms with Crippen LogP contribution < -0.4 is 0 Å². The molecule has 0 N–H and O–H groups in total. The van der Waals surface area contributed by atoms with E-state index in [-0.39, 0.29) is 12.6 Å². The first-order valence-electron chi connectivity index (χ1n) is 5.00. The lowest BCUT2D eigenvalue weighted by molar-refractivity contribution is -0.122.